The zero-order valence-corrected chi connectivity index (χ0v) is 19.8. The third kappa shape index (κ3) is 3.81. The van der Waals surface area contributed by atoms with Crippen LogP contribution in [0.15, 0.2) is 72.8 Å². The standard InChI is InChI=1S/C31H32O3/c1-33-30(32)27-10-6-5-9-26(27)25-11-12-29(34-20-21-7-3-2-4-8-21)28(16-25)31-17-22-13-23(18-31)15-24(14-22)19-31/h2-12,16,22-24H,13-15,17-20H2,1H3. The van der Waals surface area contributed by atoms with E-state index in [2.05, 4.69) is 42.5 Å². The van der Waals surface area contributed by atoms with Crippen LogP contribution in [0.5, 0.6) is 5.75 Å². The molecule has 0 unspecified atom stereocenters. The van der Waals surface area contributed by atoms with Crippen molar-refractivity contribution in [3.63, 3.8) is 0 Å². The number of rotatable bonds is 6. The number of methoxy groups -OCH3 is 1. The lowest BCUT2D eigenvalue weighted by Gasteiger charge is -2.57. The molecule has 0 aromatic heterocycles. The minimum Gasteiger partial charge on any atom is -0.489 e. The van der Waals surface area contributed by atoms with Crippen molar-refractivity contribution in [2.45, 2.75) is 50.5 Å². The van der Waals surface area contributed by atoms with Crippen LogP contribution in [0.2, 0.25) is 0 Å². The lowest BCUT2D eigenvalue weighted by molar-refractivity contribution is -0.00645. The Morgan fingerprint density at radius 1 is 0.853 bits per heavy atom. The fourth-order valence-corrected chi connectivity index (χ4v) is 7.44. The van der Waals surface area contributed by atoms with Crippen molar-refractivity contribution in [3.05, 3.63) is 89.5 Å². The molecule has 0 heterocycles. The van der Waals surface area contributed by atoms with Gasteiger partial charge in [0.25, 0.3) is 0 Å². The highest BCUT2D eigenvalue weighted by atomic mass is 16.5. The molecule has 34 heavy (non-hydrogen) atoms. The van der Waals surface area contributed by atoms with Crippen molar-refractivity contribution in [1.29, 1.82) is 0 Å². The monoisotopic (exact) mass is 452 g/mol. The second kappa shape index (κ2) is 8.61. The SMILES string of the molecule is COC(=O)c1ccccc1-c1ccc(OCc2ccccc2)c(C23CC4CC(CC(C4)C2)C3)c1. The van der Waals surface area contributed by atoms with Gasteiger partial charge in [-0.25, -0.2) is 4.79 Å². The minimum atomic E-state index is -0.295. The molecule has 3 aromatic rings. The van der Waals surface area contributed by atoms with E-state index in [4.69, 9.17) is 9.47 Å². The number of hydrogen-bond donors (Lipinski definition) is 0. The summed E-state index contributed by atoms with van der Waals surface area (Å²) >= 11 is 0. The largest absolute Gasteiger partial charge is 0.489 e. The van der Waals surface area contributed by atoms with Crippen molar-refractivity contribution >= 4 is 5.97 Å². The van der Waals surface area contributed by atoms with E-state index in [1.807, 2.05) is 30.3 Å². The van der Waals surface area contributed by atoms with Gasteiger partial charge < -0.3 is 9.47 Å². The van der Waals surface area contributed by atoms with E-state index in [0.717, 1.165) is 34.6 Å². The van der Waals surface area contributed by atoms with Gasteiger partial charge in [0, 0.05) is 5.56 Å². The molecule has 4 saturated carbocycles. The van der Waals surface area contributed by atoms with E-state index >= 15 is 0 Å². The second-order valence-corrected chi connectivity index (χ2v) is 10.7. The fraction of sp³-hybridized carbons (Fsp3) is 0.387. The molecule has 0 saturated heterocycles. The summed E-state index contributed by atoms with van der Waals surface area (Å²) in [4.78, 5) is 12.5. The van der Waals surface area contributed by atoms with Crippen LogP contribution in [0, 0.1) is 17.8 Å². The first-order valence-corrected chi connectivity index (χ1v) is 12.6. The van der Waals surface area contributed by atoms with E-state index in [9.17, 15) is 4.79 Å². The number of esters is 1. The number of carbonyl (C=O) groups excluding carboxylic acids is 1. The van der Waals surface area contributed by atoms with Gasteiger partial charge in [-0.1, -0.05) is 54.6 Å². The van der Waals surface area contributed by atoms with Crippen molar-refractivity contribution in [2.24, 2.45) is 17.8 Å². The van der Waals surface area contributed by atoms with Crippen molar-refractivity contribution < 1.29 is 14.3 Å². The third-order valence-electron chi connectivity index (χ3n) is 8.47. The van der Waals surface area contributed by atoms with Gasteiger partial charge in [-0.15, -0.1) is 0 Å². The van der Waals surface area contributed by atoms with E-state index in [1.54, 1.807) is 0 Å². The number of ether oxygens (including phenoxy) is 2. The van der Waals surface area contributed by atoms with Crippen LogP contribution in [-0.4, -0.2) is 13.1 Å². The van der Waals surface area contributed by atoms with Gasteiger partial charge >= 0.3 is 5.97 Å². The van der Waals surface area contributed by atoms with Gasteiger partial charge in [0.05, 0.1) is 12.7 Å². The summed E-state index contributed by atoms with van der Waals surface area (Å²) in [6.45, 7) is 0.568. The Labute approximate surface area is 202 Å². The predicted molar refractivity (Wildman–Crippen MR) is 134 cm³/mol. The summed E-state index contributed by atoms with van der Waals surface area (Å²) in [5, 5.41) is 0. The molecule has 4 bridgehead atoms. The molecule has 3 nitrogen and oxygen atoms in total. The molecule has 0 spiro atoms. The minimum absolute atomic E-state index is 0.191. The van der Waals surface area contributed by atoms with Crippen LogP contribution in [0.4, 0.5) is 0 Å². The maximum absolute atomic E-state index is 12.5. The quantitative estimate of drug-likeness (QED) is 0.371. The lowest BCUT2D eigenvalue weighted by Crippen LogP contribution is -2.48. The van der Waals surface area contributed by atoms with Crippen molar-refractivity contribution in [2.75, 3.05) is 7.11 Å². The fourth-order valence-electron chi connectivity index (χ4n) is 7.44. The molecule has 0 atom stereocenters. The zero-order valence-electron chi connectivity index (χ0n) is 19.8. The highest BCUT2D eigenvalue weighted by Gasteiger charge is 2.52. The molecule has 0 amide bonds. The summed E-state index contributed by atoms with van der Waals surface area (Å²) < 4.78 is 11.6. The van der Waals surface area contributed by atoms with Crippen LogP contribution in [-0.2, 0) is 16.8 Å². The molecule has 4 aliphatic rings. The molecular formula is C31H32O3. The first kappa shape index (κ1) is 21.5. The molecule has 3 heteroatoms. The van der Waals surface area contributed by atoms with Crippen LogP contribution in [0.25, 0.3) is 11.1 Å². The van der Waals surface area contributed by atoms with E-state index in [0.29, 0.717) is 12.2 Å². The highest BCUT2D eigenvalue weighted by Crippen LogP contribution is 2.62. The molecular weight excluding hydrogens is 420 g/mol. The van der Waals surface area contributed by atoms with Gasteiger partial charge in [-0.3, -0.25) is 0 Å². The van der Waals surface area contributed by atoms with Gasteiger partial charge in [0.1, 0.15) is 12.4 Å². The topological polar surface area (TPSA) is 35.5 Å². The van der Waals surface area contributed by atoms with E-state index < -0.39 is 0 Å². The Bertz CT molecular complexity index is 1160. The molecule has 4 fully saturated rings. The maximum Gasteiger partial charge on any atom is 0.338 e. The number of benzene rings is 3. The second-order valence-electron chi connectivity index (χ2n) is 10.7. The highest BCUT2D eigenvalue weighted by molar-refractivity contribution is 5.97. The van der Waals surface area contributed by atoms with Crippen LogP contribution >= 0.6 is 0 Å². The molecule has 0 aliphatic heterocycles. The Morgan fingerprint density at radius 3 is 2.18 bits per heavy atom. The molecule has 3 aromatic carbocycles. The van der Waals surface area contributed by atoms with Crippen LogP contribution in [0.3, 0.4) is 0 Å². The van der Waals surface area contributed by atoms with E-state index in [1.165, 1.54) is 56.8 Å². The lowest BCUT2D eigenvalue weighted by atomic mass is 9.48. The summed E-state index contributed by atoms with van der Waals surface area (Å²) in [5.41, 5.74) is 5.32. The van der Waals surface area contributed by atoms with Crippen LogP contribution in [0.1, 0.15) is 60.0 Å². The summed E-state index contributed by atoms with van der Waals surface area (Å²) in [6.07, 6.45) is 8.02. The molecule has 7 rings (SSSR count). The first-order valence-electron chi connectivity index (χ1n) is 12.6. The first-order chi connectivity index (χ1) is 16.6. The van der Waals surface area contributed by atoms with Crippen molar-refractivity contribution in [3.8, 4) is 16.9 Å². The average molecular weight is 453 g/mol. The maximum atomic E-state index is 12.5. The predicted octanol–water partition coefficient (Wildman–Crippen LogP) is 7.19. The molecule has 0 N–H and O–H groups in total. The summed E-state index contributed by atoms with van der Waals surface area (Å²) in [7, 11) is 1.44. The molecule has 4 aliphatic carbocycles. The van der Waals surface area contributed by atoms with Gasteiger partial charge in [0.15, 0.2) is 0 Å². The number of carbonyl (C=O) groups is 1. The van der Waals surface area contributed by atoms with Gasteiger partial charge in [0.2, 0.25) is 0 Å². The molecule has 0 radical (unpaired) electrons. The Kier molecular flexibility index (Phi) is 5.44. The Morgan fingerprint density at radius 2 is 1.50 bits per heavy atom. The molecule has 174 valence electrons. The summed E-state index contributed by atoms with van der Waals surface area (Å²) in [6, 6.07) is 24.7. The smallest absolute Gasteiger partial charge is 0.338 e. The van der Waals surface area contributed by atoms with Crippen LogP contribution < -0.4 is 4.74 Å². The number of hydrogen-bond acceptors (Lipinski definition) is 3. The zero-order chi connectivity index (χ0) is 23.1. The van der Waals surface area contributed by atoms with E-state index in [-0.39, 0.29) is 11.4 Å². The summed E-state index contributed by atoms with van der Waals surface area (Å²) in [5.74, 6) is 3.25. The van der Waals surface area contributed by atoms with Gasteiger partial charge in [-0.05, 0) is 96.6 Å². The normalized spacial score (nSPS) is 26.9. The third-order valence-corrected chi connectivity index (χ3v) is 8.47. The Hall–Kier alpha value is -3.07. The van der Waals surface area contributed by atoms with Crippen molar-refractivity contribution in [1.82, 2.24) is 0 Å². The van der Waals surface area contributed by atoms with Gasteiger partial charge in [-0.2, -0.15) is 0 Å². The Balaban J connectivity index is 1.43. The average Bonchev–Trinajstić information content (AvgIpc) is 2.87.